The van der Waals surface area contributed by atoms with Crippen molar-refractivity contribution >= 4 is 15.9 Å². The molecule has 2 unspecified atom stereocenters. The molecule has 1 aromatic carbocycles. The van der Waals surface area contributed by atoms with Gasteiger partial charge in [-0.2, -0.15) is 0 Å². The maximum atomic E-state index is 5.83. The second-order valence-electron chi connectivity index (χ2n) is 5.29. The molecular weight excluding hydrogens is 276 g/mol. The molecule has 2 nitrogen and oxygen atoms in total. The van der Waals surface area contributed by atoms with E-state index in [9.17, 15) is 0 Å². The van der Waals surface area contributed by atoms with Crippen LogP contribution in [-0.2, 0) is 6.42 Å². The van der Waals surface area contributed by atoms with Gasteiger partial charge in [-0.1, -0.05) is 28.1 Å². The van der Waals surface area contributed by atoms with Crippen LogP contribution in [0.5, 0.6) is 0 Å². The highest BCUT2D eigenvalue weighted by Crippen LogP contribution is 2.32. The molecule has 2 rings (SSSR count). The third-order valence-corrected chi connectivity index (χ3v) is 4.14. The van der Waals surface area contributed by atoms with Crippen LogP contribution in [0, 0.1) is 0 Å². The Labute approximate surface area is 112 Å². The van der Waals surface area contributed by atoms with Gasteiger partial charge in [-0.05, 0) is 56.5 Å². The monoisotopic (exact) mass is 296 g/mol. The highest BCUT2D eigenvalue weighted by Gasteiger charge is 2.22. The summed E-state index contributed by atoms with van der Waals surface area (Å²) >= 11 is 3.71. The summed E-state index contributed by atoms with van der Waals surface area (Å²) in [6.45, 7) is 4.43. The van der Waals surface area contributed by atoms with Gasteiger partial charge in [0, 0.05) is 17.1 Å². The van der Waals surface area contributed by atoms with E-state index in [0.717, 1.165) is 6.42 Å². The number of hydrogen-bond donors (Lipinski definition) is 1. The van der Waals surface area contributed by atoms with Crippen LogP contribution in [0.3, 0.4) is 0 Å². The standard InChI is InChI=1S/C14H21BrN2/c1-10(16)7-11-3-4-13(14(15)8-11)12-5-6-17(2)9-12/h3-4,8,10,12H,5-7,9,16H2,1-2H3. The van der Waals surface area contributed by atoms with E-state index < -0.39 is 0 Å². The number of halogens is 1. The van der Waals surface area contributed by atoms with Gasteiger partial charge in [-0.25, -0.2) is 0 Å². The van der Waals surface area contributed by atoms with Crippen molar-refractivity contribution in [3.63, 3.8) is 0 Å². The molecule has 1 aliphatic heterocycles. The lowest BCUT2D eigenvalue weighted by molar-refractivity contribution is 0.411. The number of benzene rings is 1. The van der Waals surface area contributed by atoms with Gasteiger partial charge in [-0.3, -0.25) is 0 Å². The third-order valence-electron chi connectivity index (χ3n) is 3.45. The van der Waals surface area contributed by atoms with Crippen molar-refractivity contribution in [2.24, 2.45) is 5.73 Å². The summed E-state index contributed by atoms with van der Waals surface area (Å²) in [7, 11) is 2.19. The van der Waals surface area contributed by atoms with E-state index in [1.165, 1.54) is 35.1 Å². The maximum Gasteiger partial charge on any atom is 0.0213 e. The van der Waals surface area contributed by atoms with Crippen LogP contribution in [0.15, 0.2) is 22.7 Å². The number of nitrogens with zero attached hydrogens (tertiary/aromatic N) is 1. The molecular formula is C14H21BrN2. The molecule has 2 atom stereocenters. The highest BCUT2D eigenvalue weighted by molar-refractivity contribution is 9.10. The Balaban J connectivity index is 2.14. The lowest BCUT2D eigenvalue weighted by Gasteiger charge is -2.14. The van der Waals surface area contributed by atoms with Crippen molar-refractivity contribution in [3.05, 3.63) is 33.8 Å². The molecule has 94 valence electrons. The van der Waals surface area contributed by atoms with Crippen molar-refractivity contribution in [1.29, 1.82) is 0 Å². The second-order valence-corrected chi connectivity index (χ2v) is 6.14. The quantitative estimate of drug-likeness (QED) is 0.929. The van der Waals surface area contributed by atoms with E-state index in [4.69, 9.17) is 5.73 Å². The van der Waals surface area contributed by atoms with Crippen LogP contribution < -0.4 is 5.73 Å². The van der Waals surface area contributed by atoms with Gasteiger partial charge in [0.25, 0.3) is 0 Å². The summed E-state index contributed by atoms with van der Waals surface area (Å²) in [6, 6.07) is 6.95. The van der Waals surface area contributed by atoms with Gasteiger partial charge in [0.1, 0.15) is 0 Å². The van der Waals surface area contributed by atoms with Gasteiger partial charge >= 0.3 is 0 Å². The molecule has 1 aliphatic rings. The SMILES string of the molecule is CC(N)Cc1ccc(C2CCN(C)C2)c(Br)c1. The summed E-state index contributed by atoms with van der Waals surface area (Å²) in [6.07, 6.45) is 2.21. The van der Waals surface area contributed by atoms with Crippen LogP contribution in [0.4, 0.5) is 0 Å². The Morgan fingerprint density at radius 3 is 2.82 bits per heavy atom. The van der Waals surface area contributed by atoms with Gasteiger partial charge in [-0.15, -0.1) is 0 Å². The van der Waals surface area contributed by atoms with Gasteiger partial charge in [0.2, 0.25) is 0 Å². The van der Waals surface area contributed by atoms with E-state index in [-0.39, 0.29) is 6.04 Å². The van der Waals surface area contributed by atoms with E-state index in [1.54, 1.807) is 0 Å². The fraction of sp³-hybridized carbons (Fsp3) is 0.571. The van der Waals surface area contributed by atoms with Crippen LogP contribution in [0.25, 0.3) is 0 Å². The predicted molar refractivity (Wildman–Crippen MR) is 76.4 cm³/mol. The number of nitrogens with two attached hydrogens (primary N) is 1. The molecule has 0 bridgehead atoms. The number of hydrogen-bond acceptors (Lipinski definition) is 2. The minimum Gasteiger partial charge on any atom is -0.328 e. The summed E-state index contributed by atoms with van der Waals surface area (Å²) in [5.74, 6) is 0.679. The zero-order chi connectivity index (χ0) is 12.4. The van der Waals surface area contributed by atoms with Gasteiger partial charge in [0.15, 0.2) is 0 Å². The van der Waals surface area contributed by atoms with Crippen molar-refractivity contribution in [1.82, 2.24) is 4.90 Å². The average molecular weight is 297 g/mol. The Morgan fingerprint density at radius 2 is 2.29 bits per heavy atom. The second kappa shape index (κ2) is 5.51. The molecule has 0 saturated carbocycles. The Bertz CT molecular complexity index is 390. The van der Waals surface area contributed by atoms with Crippen molar-refractivity contribution in [2.75, 3.05) is 20.1 Å². The first kappa shape index (κ1) is 13.1. The van der Waals surface area contributed by atoms with Gasteiger partial charge in [0.05, 0.1) is 0 Å². The van der Waals surface area contributed by atoms with Crippen LogP contribution >= 0.6 is 15.9 Å². The lowest BCUT2D eigenvalue weighted by atomic mass is 9.96. The Morgan fingerprint density at radius 1 is 1.53 bits per heavy atom. The smallest absolute Gasteiger partial charge is 0.0213 e. The molecule has 0 amide bonds. The summed E-state index contributed by atoms with van der Waals surface area (Å²) in [5.41, 5.74) is 8.60. The van der Waals surface area contributed by atoms with E-state index in [1.807, 2.05) is 6.92 Å². The third kappa shape index (κ3) is 3.30. The fourth-order valence-electron chi connectivity index (χ4n) is 2.59. The largest absolute Gasteiger partial charge is 0.328 e. The molecule has 1 aromatic rings. The molecule has 0 aromatic heterocycles. The topological polar surface area (TPSA) is 29.3 Å². The molecule has 1 fully saturated rings. The average Bonchev–Trinajstić information content (AvgIpc) is 2.64. The van der Waals surface area contributed by atoms with E-state index >= 15 is 0 Å². The summed E-state index contributed by atoms with van der Waals surface area (Å²) in [5, 5.41) is 0. The van der Waals surface area contributed by atoms with Crippen LogP contribution in [0.1, 0.15) is 30.4 Å². The van der Waals surface area contributed by atoms with E-state index in [2.05, 4.69) is 46.1 Å². The molecule has 1 heterocycles. The van der Waals surface area contributed by atoms with Crippen LogP contribution in [0.2, 0.25) is 0 Å². The lowest BCUT2D eigenvalue weighted by Crippen LogP contribution is -2.18. The van der Waals surface area contributed by atoms with E-state index in [0.29, 0.717) is 5.92 Å². The normalized spacial score (nSPS) is 22.9. The zero-order valence-corrected chi connectivity index (χ0v) is 12.2. The first-order valence-electron chi connectivity index (χ1n) is 6.28. The molecule has 1 saturated heterocycles. The minimum atomic E-state index is 0.227. The summed E-state index contributed by atoms with van der Waals surface area (Å²) < 4.78 is 1.25. The first-order chi connectivity index (χ1) is 8.06. The molecule has 17 heavy (non-hydrogen) atoms. The molecule has 0 radical (unpaired) electrons. The van der Waals surface area contributed by atoms with Crippen molar-refractivity contribution in [3.8, 4) is 0 Å². The Kier molecular flexibility index (Phi) is 4.23. The molecule has 0 spiro atoms. The fourth-order valence-corrected chi connectivity index (χ4v) is 3.34. The first-order valence-corrected chi connectivity index (χ1v) is 7.08. The summed E-state index contributed by atoms with van der Waals surface area (Å²) in [4.78, 5) is 2.40. The van der Waals surface area contributed by atoms with Crippen molar-refractivity contribution in [2.45, 2.75) is 31.7 Å². The Hall–Kier alpha value is -0.380. The van der Waals surface area contributed by atoms with Crippen LogP contribution in [-0.4, -0.2) is 31.1 Å². The zero-order valence-electron chi connectivity index (χ0n) is 10.6. The number of likely N-dealkylation sites (N-methyl/N-ethyl adjacent to an activating group) is 1. The number of likely N-dealkylation sites (tertiary alicyclic amines) is 1. The highest BCUT2D eigenvalue weighted by atomic mass is 79.9. The predicted octanol–water partition coefficient (Wildman–Crippen LogP) is 2.76. The molecule has 3 heteroatoms. The minimum absolute atomic E-state index is 0.227. The maximum absolute atomic E-state index is 5.83. The molecule has 0 aliphatic carbocycles. The molecule has 2 N–H and O–H groups in total. The van der Waals surface area contributed by atoms with Gasteiger partial charge < -0.3 is 10.6 Å². The number of rotatable bonds is 3. The van der Waals surface area contributed by atoms with Crippen molar-refractivity contribution < 1.29 is 0 Å².